The molecule has 0 aliphatic carbocycles. The molecule has 16 nitrogen and oxygen atoms in total. The Bertz CT molecular complexity index is 1650. The fourth-order valence-electron chi connectivity index (χ4n) is 6.41. The van der Waals surface area contributed by atoms with E-state index in [1.54, 1.807) is 70.2 Å². The molecular weight excluding hydrogens is 712 g/mol. The van der Waals surface area contributed by atoms with E-state index >= 15 is 0 Å². The molecular formula is C39H54N6O10. The number of carbonyl (C=O) groups excluding carboxylic acids is 5. The van der Waals surface area contributed by atoms with Gasteiger partial charge in [0, 0.05) is 13.0 Å². The molecule has 1 aliphatic heterocycles. The van der Waals surface area contributed by atoms with Crippen molar-refractivity contribution in [3.05, 3.63) is 65.7 Å². The van der Waals surface area contributed by atoms with E-state index in [-0.39, 0.29) is 49.8 Å². The monoisotopic (exact) mass is 766 g/mol. The molecule has 0 radical (unpaired) electrons. The maximum absolute atomic E-state index is 13.7. The van der Waals surface area contributed by atoms with E-state index in [1.165, 1.54) is 17.0 Å². The van der Waals surface area contributed by atoms with Crippen molar-refractivity contribution in [2.75, 3.05) is 6.54 Å². The molecule has 55 heavy (non-hydrogen) atoms. The number of phenols is 1. The number of nitrogens with two attached hydrogens (primary N) is 1. The van der Waals surface area contributed by atoms with E-state index < -0.39 is 84.1 Å². The number of amides is 5. The number of benzene rings is 2. The Balaban J connectivity index is 1.73. The van der Waals surface area contributed by atoms with E-state index in [9.17, 15) is 48.9 Å². The van der Waals surface area contributed by atoms with Gasteiger partial charge >= 0.3 is 11.9 Å². The van der Waals surface area contributed by atoms with Gasteiger partial charge in [0.25, 0.3) is 0 Å². The molecule has 0 unspecified atom stereocenters. The lowest BCUT2D eigenvalue weighted by Gasteiger charge is -2.29. The number of hydrogen-bond donors (Lipinski definition) is 8. The van der Waals surface area contributed by atoms with Crippen LogP contribution in [0.1, 0.15) is 70.9 Å². The minimum Gasteiger partial charge on any atom is -0.508 e. The van der Waals surface area contributed by atoms with Crippen LogP contribution in [0.2, 0.25) is 0 Å². The number of phenolic OH excluding ortho intramolecular Hbond substituents is 1. The molecule has 5 amide bonds. The van der Waals surface area contributed by atoms with Crippen molar-refractivity contribution in [3.63, 3.8) is 0 Å². The van der Waals surface area contributed by atoms with E-state index in [0.29, 0.717) is 18.4 Å². The number of carboxylic acids is 2. The minimum absolute atomic E-state index is 0.0235. The molecule has 16 heteroatoms. The zero-order valence-corrected chi connectivity index (χ0v) is 31.7. The Labute approximate surface area is 320 Å². The van der Waals surface area contributed by atoms with Crippen LogP contribution in [-0.4, -0.2) is 104 Å². The fraction of sp³-hybridized carbons (Fsp3) is 0.513. The number of aliphatic carboxylic acids is 2. The van der Waals surface area contributed by atoms with Gasteiger partial charge in [-0.15, -0.1) is 0 Å². The number of nitrogens with zero attached hydrogens (tertiary/aromatic N) is 1. The fourth-order valence-corrected chi connectivity index (χ4v) is 6.41. The topological polar surface area (TPSA) is 258 Å². The summed E-state index contributed by atoms with van der Waals surface area (Å²) in [5.41, 5.74) is 7.61. The predicted octanol–water partition coefficient (Wildman–Crippen LogP) is 1.09. The molecule has 2 aromatic carbocycles. The zero-order chi connectivity index (χ0) is 40.8. The van der Waals surface area contributed by atoms with Gasteiger partial charge in [-0.05, 0) is 67.2 Å². The van der Waals surface area contributed by atoms with Crippen LogP contribution in [0.15, 0.2) is 54.6 Å². The van der Waals surface area contributed by atoms with Gasteiger partial charge in [0.15, 0.2) is 0 Å². The largest absolute Gasteiger partial charge is 0.508 e. The number of carbonyl (C=O) groups is 7. The van der Waals surface area contributed by atoms with Crippen LogP contribution in [0, 0.1) is 11.8 Å². The first kappa shape index (κ1) is 43.9. The predicted molar refractivity (Wildman–Crippen MR) is 201 cm³/mol. The number of carboxylic acid groups (broad SMARTS) is 2. The molecule has 0 bridgehead atoms. The van der Waals surface area contributed by atoms with Crippen LogP contribution in [-0.2, 0) is 46.4 Å². The third kappa shape index (κ3) is 14.0. The molecule has 2 aromatic rings. The second-order valence-electron chi connectivity index (χ2n) is 14.8. The average molecular weight is 767 g/mol. The Morgan fingerprint density at radius 1 is 0.709 bits per heavy atom. The zero-order valence-electron chi connectivity index (χ0n) is 31.7. The molecule has 300 valence electrons. The molecule has 1 aliphatic rings. The lowest BCUT2D eigenvalue weighted by molar-refractivity contribution is -0.143. The molecule has 0 aromatic heterocycles. The van der Waals surface area contributed by atoms with Crippen molar-refractivity contribution in [1.29, 1.82) is 0 Å². The van der Waals surface area contributed by atoms with Gasteiger partial charge in [-0.1, -0.05) is 70.2 Å². The number of aromatic hydroxyl groups is 1. The molecule has 3 rings (SSSR count). The summed E-state index contributed by atoms with van der Waals surface area (Å²) < 4.78 is 0. The smallest absolute Gasteiger partial charge is 0.326 e. The second kappa shape index (κ2) is 20.8. The number of rotatable bonds is 20. The highest BCUT2D eigenvalue weighted by Crippen LogP contribution is 2.21. The van der Waals surface area contributed by atoms with Crippen LogP contribution in [0.5, 0.6) is 5.75 Å². The summed E-state index contributed by atoms with van der Waals surface area (Å²) in [6.07, 6.45) is 0.304. The normalized spacial score (nSPS) is 16.7. The van der Waals surface area contributed by atoms with Crippen LogP contribution in [0.25, 0.3) is 0 Å². The Kier molecular flexibility index (Phi) is 16.6. The number of hydrogen-bond acceptors (Lipinski definition) is 9. The van der Waals surface area contributed by atoms with Gasteiger partial charge in [0.05, 0.1) is 12.5 Å². The van der Waals surface area contributed by atoms with Gasteiger partial charge in [0.2, 0.25) is 29.5 Å². The van der Waals surface area contributed by atoms with Gasteiger partial charge in [-0.3, -0.25) is 28.8 Å². The van der Waals surface area contributed by atoms with Crippen molar-refractivity contribution in [2.24, 2.45) is 17.6 Å². The van der Waals surface area contributed by atoms with Crippen molar-refractivity contribution in [3.8, 4) is 5.75 Å². The van der Waals surface area contributed by atoms with Crippen LogP contribution < -0.4 is 27.0 Å². The number of nitrogens with one attached hydrogen (secondary N) is 4. The summed E-state index contributed by atoms with van der Waals surface area (Å²) in [4.78, 5) is 93.0. The summed E-state index contributed by atoms with van der Waals surface area (Å²) in [5, 5.41) is 39.1. The van der Waals surface area contributed by atoms with E-state index in [2.05, 4.69) is 21.3 Å². The van der Waals surface area contributed by atoms with Gasteiger partial charge in [-0.2, -0.15) is 0 Å². The lowest BCUT2D eigenvalue weighted by Crippen LogP contribution is -2.59. The minimum atomic E-state index is -1.67. The quantitative estimate of drug-likeness (QED) is 0.0946. The third-order valence-electron chi connectivity index (χ3n) is 9.14. The van der Waals surface area contributed by atoms with Crippen LogP contribution in [0.4, 0.5) is 0 Å². The highest BCUT2D eigenvalue weighted by Gasteiger charge is 2.39. The summed E-state index contributed by atoms with van der Waals surface area (Å²) in [5.74, 6) is -6.64. The first-order valence-electron chi connectivity index (χ1n) is 18.5. The third-order valence-corrected chi connectivity index (χ3v) is 9.14. The van der Waals surface area contributed by atoms with Crippen molar-refractivity contribution >= 4 is 41.5 Å². The molecule has 9 N–H and O–H groups in total. The maximum atomic E-state index is 13.7. The summed E-state index contributed by atoms with van der Waals surface area (Å²) in [7, 11) is 0. The Morgan fingerprint density at radius 2 is 1.22 bits per heavy atom. The van der Waals surface area contributed by atoms with Gasteiger partial charge < -0.3 is 47.2 Å². The molecule has 1 heterocycles. The van der Waals surface area contributed by atoms with Crippen LogP contribution in [0.3, 0.4) is 0 Å². The Morgan fingerprint density at radius 3 is 1.76 bits per heavy atom. The molecule has 0 saturated carbocycles. The number of likely N-dealkylation sites (tertiary alicyclic amines) is 1. The highest BCUT2D eigenvalue weighted by atomic mass is 16.4. The summed E-state index contributed by atoms with van der Waals surface area (Å²) in [6.45, 7) is 7.44. The Hall–Kier alpha value is -5.51. The second-order valence-corrected chi connectivity index (χ2v) is 14.8. The van der Waals surface area contributed by atoms with Gasteiger partial charge in [0.1, 0.15) is 36.0 Å². The molecule has 0 spiro atoms. The van der Waals surface area contributed by atoms with E-state index in [4.69, 9.17) is 5.73 Å². The van der Waals surface area contributed by atoms with Crippen molar-refractivity contribution in [2.45, 2.75) is 109 Å². The average Bonchev–Trinajstić information content (AvgIpc) is 3.61. The highest BCUT2D eigenvalue weighted by molar-refractivity contribution is 5.97. The molecule has 1 fully saturated rings. The standard InChI is InChI=1S/C39H54N6O10/c1-22(2)17-28(35(50)44-31(39(54)55)20-24-9-6-5-7-10-24)41-36(51)30(21-33(47)48)42-34(49)29(18-23(3)4)43-37(52)32-11-8-16-45(32)38(53)27(40)19-25-12-14-26(46)15-13-25/h5-7,9-10,12-15,22-23,27-32,46H,8,11,16-21,40H2,1-4H3,(H,41,51)(H,42,49)(H,43,52)(H,44,50)(H,47,48)(H,54,55)/t27-,28-,29-,30-,31-,32-/m0/s1. The first-order chi connectivity index (χ1) is 25.9. The van der Waals surface area contributed by atoms with Crippen LogP contribution >= 0.6 is 0 Å². The SMILES string of the molecule is CC(C)C[C@H](NC(=O)[C@H](CC(=O)O)NC(=O)[C@H](CC(C)C)NC(=O)[C@@H]1CCCN1C(=O)[C@@H](N)Cc1ccc(O)cc1)C(=O)N[C@@H](Cc1ccccc1)C(=O)O. The molecule has 6 atom stereocenters. The van der Waals surface area contributed by atoms with E-state index in [0.717, 1.165) is 5.56 Å². The molecule has 1 saturated heterocycles. The summed E-state index contributed by atoms with van der Waals surface area (Å²) in [6, 6.07) is 7.53. The van der Waals surface area contributed by atoms with Crippen molar-refractivity contribution < 1.29 is 48.9 Å². The van der Waals surface area contributed by atoms with Gasteiger partial charge in [-0.25, -0.2) is 4.79 Å². The first-order valence-corrected chi connectivity index (χ1v) is 18.5. The van der Waals surface area contributed by atoms with E-state index in [1.807, 2.05) is 0 Å². The maximum Gasteiger partial charge on any atom is 0.326 e. The summed E-state index contributed by atoms with van der Waals surface area (Å²) >= 11 is 0. The van der Waals surface area contributed by atoms with Crippen molar-refractivity contribution in [1.82, 2.24) is 26.2 Å². The lowest BCUT2D eigenvalue weighted by atomic mass is 10.00.